The summed E-state index contributed by atoms with van der Waals surface area (Å²) in [6.07, 6.45) is 1.98. The van der Waals surface area contributed by atoms with Gasteiger partial charge in [0.1, 0.15) is 0 Å². The van der Waals surface area contributed by atoms with Gasteiger partial charge in [0.05, 0.1) is 28.9 Å². The second-order valence-electron chi connectivity index (χ2n) is 6.12. The molecule has 0 saturated carbocycles. The number of rotatable bonds is 4. The minimum Gasteiger partial charge on any atom is -0.373 e. The average molecular weight is 318 g/mol. The maximum Gasteiger partial charge on any atom is 0.257 e. The fourth-order valence-corrected chi connectivity index (χ4v) is 2.97. The van der Waals surface area contributed by atoms with Crippen LogP contribution in [-0.2, 0) is 4.74 Å². The molecule has 0 unspecified atom stereocenters. The van der Waals surface area contributed by atoms with Gasteiger partial charge in [0.15, 0.2) is 0 Å². The Morgan fingerprint density at radius 1 is 1.39 bits per heavy atom. The highest BCUT2D eigenvalue weighted by molar-refractivity contribution is 5.96. The number of nitrogens with zero attached hydrogens (tertiary/aromatic N) is 3. The Kier molecular flexibility index (Phi) is 4.58. The third kappa shape index (κ3) is 3.68. The van der Waals surface area contributed by atoms with Gasteiger partial charge in [-0.05, 0) is 26.8 Å². The minimum absolute atomic E-state index is 0.130. The van der Waals surface area contributed by atoms with Crippen molar-refractivity contribution in [1.29, 1.82) is 0 Å². The van der Waals surface area contributed by atoms with Crippen molar-refractivity contribution < 1.29 is 14.1 Å². The van der Waals surface area contributed by atoms with E-state index in [2.05, 4.69) is 34.2 Å². The Hall–Kier alpha value is -1.99. The zero-order chi connectivity index (χ0) is 16.4. The number of hydrogen-bond acceptors (Lipinski definition) is 6. The monoisotopic (exact) mass is 318 g/mol. The molecule has 3 heterocycles. The van der Waals surface area contributed by atoms with Crippen LogP contribution in [0.25, 0.3) is 11.1 Å². The normalized spacial score (nSPS) is 22.4. The van der Waals surface area contributed by atoms with E-state index in [1.165, 1.54) is 6.20 Å². The molecule has 1 fully saturated rings. The van der Waals surface area contributed by atoms with Gasteiger partial charge in [-0.1, -0.05) is 5.16 Å². The lowest BCUT2D eigenvalue weighted by Crippen LogP contribution is -2.47. The summed E-state index contributed by atoms with van der Waals surface area (Å²) in [5, 5.41) is 7.56. The summed E-state index contributed by atoms with van der Waals surface area (Å²) in [6.45, 7) is 9.18. The van der Waals surface area contributed by atoms with Crippen LogP contribution in [0.5, 0.6) is 0 Å². The van der Waals surface area contributed by atoms with Gasteiger partial charge >= 0.3 is 0 Å². The Labute approximate surface area is 135 Å². The molecule has 0 spiro atoms. The quantitative estimate of drug-likeness (QED) is 0.917. The van der Waals surface area contributed by atoms with Crippen molar-refractivity contribution in [2.24, 2.45) is 0 Å². The summed E-state index contributed by atoms with van der Waals surface area (Å²) in [4.78, 5) is 18.7. The molecule has 2 atom stereocenters. The van der Waals surface area contributed by atoms with E-state index in [1.54, 1.807) is 6.07 Å². The SMILES string of the molecule is Cc1noc2ncc(C(=O)NCCN3C[C@H](C)O[C@@H](C)C3)cc12. The van der Waals surface area contributed by atoms with Gasteiger partial charge in [-0.3, -0.25) is 9.69 Å². The molecule has 0 aliphatic carbocycles. The lowest BCUT2D eigenvalue weighted by Gasteiger charge is -2.35. The highest BCUT2D eigenvalue weighted by Gasteiger charge is 2.21. The van der Waals surface area contributed by atoms with E-state index >= 15 is 0 Å². The van der Waals surface area contributed by atoms with Gasteiger partial charge in [0.2, 0.25) is 0 Å². The molecular weight excluding hydrogens is 296 g/mol. The fraction of sp³-hybridized carbons (Fsp3) is 0.562. The Morgan fingerprint density at radius 2 is 2.13 bits per heavy atom. The van der Waals surface area contributed by atoms with Crippen molar-refractivity contribution in [3.8, 4) is 0 Å². The van der Waals surface area contributed by atoms with E-state index in [0.717, 1.165) is 30.7 Å². The molecule has 23 heavy (non-hydrogen) atoms. The van der Waals surface area contributed by atoms with Crippen LogP contribution < -0.4 is 5.32 Å². The molecule has 0 bridgehead atoms. The van der Waals surface area contributed by atoms with Crippen LogP contribution in [0.4, 0.5) is 0 Å². The predicted molar refractivity (Wildman–Crippen MR) is 85.3 cm³/mol. The Bertz CT molecular complexity index is 690. The van der Waals surface area contributed by atoms with Gasteiger partial charge in [-0.2, -0.15) is 0 Å². The summed E-state index contributed by atoms with van der Waals surface area (Å²) in [7, 11) is 0. The van der Waals surface area contributed by atoms with E-state index in [9.17, 15) is 4.79 Å². The molecule has 124 valence electrons. The van der Waals surface area contributed by atoms with Crippen molar-refractivity contribution in [3.63, 3.8) is 0 Å². The second-order valence-corrected chi connectivity index (χ2v) is 6.12. The number of hydrogen-bond donors (Lipinski definition) is 1. The highest BCUT2D eigenvalue weighted by atomic mass is 16.5. The van der Waals surface area contributed by atoms with Crippen LogP contribution >= 0.6 is 0 Å². The molecule has 1 aliphatic heterocycles. The molecule has 7 nitrogen and oxygen atoms in total. The summed E-state index contributed by atoms with van der Waals surface area (Å²) in [6, 6.07) is 1.77. The number of morpholine rings is 1. The molecule has 0 radical (unpaired) electrons. The number of nitrogens with one attached hydrogen (secondary N) is 1. The van der Waals surface area contributed by atoms with E-state index < -0.39 is 0 Å². The number of amides is 1. The number of pyridine rings is 1. The topological polar surface area (TPSA) is 80.5 Å². The van der Waals surface area contributed by atoms with Crippen molar-refractivity contribution >= 4 is 17.0 Å². The number of carbonyl (C=O) groups excluding carboxylic acids is 1. The van der Waals surface area contributed by atoms with Crippen LogP contribution in [0, 0.1) is 6.92 Å². The summed E-state index contributed by atoms with van der Waals surface area (Å²) in [5.41, 5.74) is 1.71. The number of ether oxygens (including phenoxy) is 1. The van der Waals surface area contributed by atoms with Crippen molar-refractivity contribution in [1.82, 2.24) is 20.4 Å². The lowest BCUT2D eigenvalue weighted by molar-refractivity contribution is -0.0672. The molecule has 1 N–H and O–H groups in total. The number of fused-ring (bicyclic) bond motifs is 1. The highest BCUT2D eigenvalue weighted by Crippen LogP contribution is 2.16. The maximum atomic E-state index is 12.2. The predicted octanol–water partition coefficient (Wildman–Crippen LogP) is 1.37. The largest absolute Gasteiger partial charge is 0.373 e. The molecular formula is C16H22N4O3. The van der Waals surface area contributed by atoms with E-state index in [1.807, 2.05) is 6.92 Å². The van der Waals surface area contributed by atoms with E-state index in [4.69, 9.17) is 9.26 Å². The number of carbonyl (C=O) groups is 1. The molecule has 0 aromatic carbocycles. The van der Waals surface area contributed by atoms with Crippen LogP contribution in [0.1, 0.15) is 29.9 Å². The summed E-state index contributed by atoms with van der Waals surface area (Å²) >= 11 is 0. The first-order chi connectivity index (χ1) is 11.0. The van der Waals surface area contributed by atoms with Crippen molar-refractivity contribution in [2.45, 2.75) is 33.0 Å². The standard InChI is InChI=1S/C16H22N4O3/c1-10-8-20(9-11(2)22-10)5-4-17-15(21)13-6-14-12(3)19-23-16(14)18-7-13/h6-7,10-11H,4-5,8-9H2,1-3H3,(H,17,21)/t10-,11-/m0/s1. The first kappa shape index (κ1) is 15.9. The van der Waals surface area contributed by atoms with Gasteiger partial charge in [-0.15, -0.1) is 0 Å². The molecule has 3 rings (SSSR count). The molecule has 1 aliphatic rings. The zero-order valence-electron chi connectivity index (χ0n) is 13.7. The van der Waals surface area contributed by atoms with Crippen molar-refractivity contribution in [2.75, 3.05) is 26.2 Å². The van der Waals surface area contributed by atoms with Crippen LogP contribution in [0.15, 0.2) is 16.8 Å². The van der Waals surface area contributed by atoms with Gasteiger partial charge < -0.3 is 14.6 Å². The zero-order valence-corrected chi connectivity index (χ0v) is 13.7. The van der Waals surface area contributed by atoms with Gasteiger partial charge in [-0.25, -0.2) is 4.98 Å². The van der Waals surface area contributed by atoms with Crippen LogP contribution in [-0.4, -0.2) is 59.3 Å². The first-order valence-corrected chi connectivity index (χ1v) is 7.91. The molecule has 2 aromatic heterocycles. The Balaban J connectivity index is 1.55. The molecule has 1 saturated heterocycles. The average Bonchev–Trinajstić information content (AvgIpc) is 2.87. The van der Waals surface area contributed by atoms with Gasteiger partial charge in [0, 0.05) is 32.4 Å². The molecule has 2 aromatic rings. The third-order valence-corrected chi connectivity index (χ3v) is 3.98. The molecule has 7 heteroatoms. The first-order valence-electron chi connectivity index (χ1n) is 7.91. The second kappa shape index (κ2) is 6.64. The van der Waals surface area contributed by atoms with Crippen LogP contribution in [0.3, 0.4) is 0 Å². The maximum absolute atomic E-state index is 12.2. The fourth-order valence-electron chi connectivity index (χ4n) is 2.97. The van der Waals surface area contributed by atoms with E-state index in [0.29, 0.717) is 17.8 Å². The van der Waals surface area contributed by atoms with Gasteiger partial charge in [0.25, 0.3) is 11.6 Å². The number of aromatic nitrogens is 2. The lowest BCUT2D eigenvalue weighted by atomic mass is 10.2. The van der Waals surface area contributed by atoms with E-state index in [-0.39, 0.29) is 18.1 Å². The number of aryl methyl sites for hydroxylation is 1. The minimum atomic E-state index is -0.130. The van der Waals surface area contributed by atoms with Crippen LogP contribution in [0.2, 0.25) is 0 Å². The Morgan fingerprint density at radius 3 is 2.87 bits per heavy atom. The van der Waals surface area contributed by atoms with Crippen molar-refractivity contribution in [3.05, 3.63) is 23.5 Å². The third-order valence-electron chi connectivity index (χ3n) is 3.98. The smallest absolute Gasteiger partial charge is 0.257 e. The molecule has 1 amide bonds. The summed E-state index contributed by atoms with van der Waals surface area (Å²) in [5.74, 6) is -0.130. The summed E-state index contributed by atoms with van der Waals surface area (Å²) < 4.78 is 10.8.